The fourth-order valence-corrected chi connectivity index (χ4v) is 1.83. The molecule has 0 spiro atoms. The van der Waals surface area contributed by atoms with E-state index in [1.165, 1.54) is 13.2 Å². The Kier molecular flexibility index (Phi) is 2.87. The third-order valence-electron chi connectivity index (χ3n) is 1.96. The number of benzene rings is 1. The number of rotatable bonds is 3. The van der Waals surface area contributed by atoms with Crippen LogP contribution in [0.4, 0.5) is 15.8 Å². The van der Waals surface area contributed by atoms with Crippen molar-refractivity contribution in [2.75, 3.05) is 12.4 Å². The van der Waals surface area contributed by atoms with Crippen LogP contribution in [0.25, 0.3) is 0 Å². The summed E-state index contributed by atoms with van der Waals surface area (Å²) in [6.07, 6.45) is 0. The third kappa shape index (κ3) is 2.27. The highest BCUT2D eigenvalue weighted by atomic mass is 32.1. The highest BCUT2D eigenvalue weighted by molar-refractivity contribution is 7.08. The number of thiophene rings is 1. The van der Waals surface area contributed by atoms with Crippen LogP contribution in [-0.4, -0.2) is 7.11 Å². The Bertz CT molecular complexity index is 442. The van der Waals surface area contributed by atoms with Crippen molar-refractivity contribution in [2.45, 2.75) is 0 Å². The second-order valence-corrected chi connectivity index (χ2v) is 3.77. The molecule has 0 saturated carbocycles. The van der Waals surface area contributed by atoms with Gasteiger partial charge in [-0.15, -0.1) is 0 Å². The van der Waals surface area contributed by atoms with Crippen molar-refractivity contribution >= 4 is 22.7 Å². The van der Waals surface area contributed by atoms with E-state index in [0.29, 0.717) is 5.69 Å². The van der Waals surface area contributed by atoms with Gasteiger partial charge in [0.05, 0.1) is 7.11 Å². The van der Waals surface area contributed by atoms with E-state index in [1.807, 2.05) is 16.8 Å². The predicted molar refractivity (Wildman–Crippen MR) is 60.6 cm³/mol. The Labute approximate surface area is 91.3 Å². The summed E-state index contributed by atoms with van der Waals surface area (Å²) >= 11 is 1.59. The molecule has 1 aromatic heterocycles. The highest BCUT2D eigenvalue weighted by Crippen LogP contribution is 2.24. The smallest absolute Gasteiger partial charge is 0.167 e. The lowest BCUT2D eigenvalue weighted by atomic mass is 10.3. The molecule has 2 nitrogen and oxygen atoms in total. The van der Waals surface area contributed by atoms with Gasteiger partial charge in [-0.3, -0.25) is 0 Å². The average molecular weight is 223 g/mol. The number of hydrogen-bond acceptors (Lipinski definition) is 3. The Morgan fingerprint density at radius 2 is 2.13 bits per heavy atom. The molecule has 0 bridgehead atoms. The molecule has 0 radical (unpaired) electrons. The lowest BCUT2D eigenvalue weighted by molar-refractivity contribution is 0.386. The van der Waals surface area contributed by atoms with Crippen molar-refractivity contribution in [3.8, 4) is 5.75 Å². The SMILES string of the molecule is COc1ccc(Nc2ccsc2)cc1F. The molecule has 0 aliphatic heterocycles. The number of nitrogens with one attached hydrogen (secondary N) is 1. The Morgan fingerprint density at radius 3 is 2.73 bits per heavy atom. The van der Waals surface area contributed by atoms with Crippen LogP contribution in [0.15, 0.2) is 35.0 Å². The summed E-state index contributed by atoms with van der Waals surface area (Å²) in [5.74, 6) is -0.108. The van der Waals surface area contributed by atoms with E-state index >= 15 is 0 Å². The van der Waals surface area contributed by atoms with Crippen molar-refractivity contribution < 1.29 is 9.13 Å². The van der Waals surface area contributed by atoms with Crippen LogP contribution >= 0.6 is 11.3 Å². The van der Waals surface area contributed by atoms with Crippen LogP contribution in [-0.2, 0) is 0 Å². The zero-order chi connectivity index (χ0) is 10.7. The summed E-state index contributed by atoms with van der Waals surface area (Å²) in [4.78, 5) is 0. The van der Waals surface area contributed by atoms with Crippen LogP contribution < -0.4 is 10.1 Å². The van der Waals surface area contributed by atoms with E-state index in [-0.39, 0.29) is 11.6 Å². The van der Waals surface area contributed by atoms with E-state index in [9.17, 15) is 4.39 Å². The first kappa shape index (κ1) is 9.98. The predicted octanol–water partition coefficient (Wildman–Crippen LogP) is 3.64. The molecule has 0 saturated heterocycles. The molecule has 0 atom stereocenters. The zero-order valence-electron chi connectivity index (χ0n) is 8.16. The minimum absolute atomic E-state index is 0.255. The number of methoxy groups -OCH3 is 1. The minimum Gasteiger partial charge on any atom is -0.494 e. The van der Waals surface area contributed by atoms with Crippen molar-refractivity contribution in [1.29, 1.82) is 0 Å². The molecule has 0 aliphatic rings. The van der Waals surface area contributed by atoms with E-state index in [4.69, 9.17) is 4.74 Å². The highest BCUT2D eigenvalue weighted by Gasteiger charge is 2.03. The summed E-state index contributed by atoms with van der Waals surface area (Å²) in [6, 6.07) is 6.73. The molecule has 2 rings (SSSR count). The maximum absolute atomic E-state index is 13.3. The topological polar surface area (TPSA) is 21.3 Å². The standard InChI is InChI=1S/C11H10FNOS/c1-14-11-3-2-8(6-10(11)12)13-9-4-5-15-7-9/h2-7,13H,1H3. The fourth-order valence-electron chi connectivity index (χ4n) is 1.25. The molecule has 15 heavy (non-hydrogen) atoms. The molecule has 0 aliphatic carbocycles. The van der Waals surface area contributed by atoms with Crippen molar-refractivity contribution in [2.24, 2.45) is 0 Å². The number of anilines is 2. The first-order valence-electron chi connectivity index (χ1n) is 4.42. The van der Waals surface area contributed by atoms with Gasteiger partial charge in [0.1, 0.15) is 0 Å². The van der Waals surface area contributed by atoms with Crippen LogP contribution in [0.1, 0.15) is 0 Å². The number of ether oxygens (including phenoxy) is 1. The molecule has 0 amide bonds. The summed E-state index contributed by atoms with van der Waals surface area (Å²) < 4.78 is 18.2. The van der Waals surface area contributed by atoms with Crippen LogP contribution in [0.5, 0.6) is 5.75 Å². The summed E-state index contributed by atoms with van der Waals surface area (Å²) in [5.41, 5.74) is 1.68. The molecule has 1 N–H and O–H groups in total. The molecule has 4 heteroatoms. The van der Waals surface area contributed by atoms with Gasteiger partial charge in [0, 0.05) is 22.8 Å². The second-order valence-electron chi connectivity index (χ2n) is 2.99. The lowest BCUT2D eigenvalue weighted by Crippen LogP contribution is -1.92. The maximum atomic E-state index is 13.3. The van der Waals surface area contributed by atoms with Crippen molar-refractivity contribution in [1.82, 2.24) is 0 Å². The first-order valence-corrected chi connectivity index (χ1v) is 5.36. The summed E-state index contributed by atoms with van der Waals surface area (Å²) in [7, 11) is 1.45. The quantitative estimate of drug-likeness (QED) is 0.857. The minimum atomic E-state index is -0.363. The van der Waals surface area contributed by atoms with Crippen LogP contribution in [0, 0.1) is 5.82 Å². The molecule has 0 fully saturated rings. The van der Waals surface area contributed by atoms with Gasteiger partial charge >= 0.3 is 0 Å². The lowest BCUT2D eigenvalue weighted by Gasteiger charge is -2.06. The van der Waals surface area contributed by atoms with Gasteiger partial charge in [-0.1, -0.05) is 0 Å². The van der Waals surface area contributed by atoms with Gasteiger partial charge in [-0.25, -0.2) is 4.39 Å². The maximum Gasteiger partial charge on any atom is 0.167 e. The van der Waals surface area contributed by atoms with Crippen molar-refractivity contribution in [3.63, 3.8) is 0 Å². The van der Waals surface area contributed by atoms with E-state index < -0.39 is 0 Å². The summed E-state index contributed by atoms with van der Waals surface area (Å²) in [6.45, 7) is 0. The molecule has 0 unspecified atom stereocenters. The largest absolute Gasteiger partial charge is 0.494 e. The van der Waals surface area contributed by atoms with E-state index in [1.54, 1.807) is 23.5 Å². The normalized spacial score (nSPS) is 10.0. The molecule has 1 heterocycles. The second kappa shape index (κ2) is 4.31. The van der Waals surface area contributed by atoms with Crippen LogP contribution in [0.3, 0.4) is 0 Å². The Balaban J connectivity index is 2.20. The molecule has 78 valence electrons. The van der Waals surface area contributed by atoms with Gasteiger partial charge in [0.2, 0.25) is 0 Å². The van der Waals surface area contributed by atoms with Crippen LogP contribution in [0.2, 0.25) is 0 Å². The number of hydrogen-bond donors (Lipinski definition) is 1. The average Bonchev–Trinajstić information content (AvgIpc) is 2.71. The summed E-state index contributed by atoms with van der Waals surface area (Å²) in [5, 5.41) is 7.01. The van der Waals surface area contributed by atoms with Gasteiger partial charge in [-0.2, -0.15) is 11.3 Å². The molecular weight excluding hydrogens is 213 g/mol. The number of halogens is 1. The fraction of sp³-hybridized carbons (Fsp3) is 0.0909. The van der Waals surface area contributed by atoms with Gasteiger partial charge in [0.25, 0.3) is 0 Å². The van der Waals surface area contributed by atoms with E-state index in [2.05, 4.69) is 5.32 Å². The molecule has 1 aromatic carbocycles. The Morgan fingerprint density at radius 1 is 1.27 bits per heavy atom. The van der Waals surface area contributed by atoms with E-state index in [0.717, 1.165) is 5.69 Å². The third-order valence-corrected chi connectivity index (χ3v) is 2.64. The Hall–Kier alpha value is -1.55. The van der Waals surface area contributed by atoms with Gasteiger partial charge < -0.3 is 10.1 Å². The van der Waals surface area contributed by atoms with Gasteiger partial charge in [-0.05, 0) is 23.6 Å². The zero-order valence-corrected chi connectivity index (χ0v) is 8.98. The van der Waals surface area contributed by atoms with Crippen molar-refractivity contribution in [3.05, 3.63) is 40.8 Å². The first-order chi connectivity index (χ1) is 7.29. The van der Waals surface area contributed by atoms with Gasteiger partial charge in [0.15, 0.2) is 11.6 Å². The molecular formula is C11H10FNOS. The monoisotopic (exact) mass is 223 g/mol. The molecule has 2 aromatic rings.